The third-order valence-electron chi connectivity index (χ3n) is 2.52. The van der Waals surface area contributed by atoms with Gasteiger partial charge >= 0.3 is 12.0 Å². The molecule has 8 heteroatoms. The van der Waals surface area contributed by atoms with E-state index in [0.29, 0.717) is 12.2 Å². The molecule has 2 amide bonds. The Morgan fingerprint density at radius 1 is 1.47 bits per heavy atom. The van der Waals surface area contributed by atoms with Crippen molar-refractivity contribution in [2.45, 2.75) is 32.9 Å². The molecule has 1 unspecified atom stereocenters. The van der Waals surface area contributed by atoms with Crippen LogP contribution in [0.25, 0.3) is 0 Å². The van der Waals surface area contributed by atoms with Crippen LogP contribution in [-0.2, 0) is 18.4 Å². The zero-order valence-corrected chi connectivity index (χ0v) is 11.3. The maximum Gasteiger partial charge on any atom is 0.326 e. The lowest BCUT2D eigenvalue weighted by Gasteiger charge is -2.16. The van der Waals surface area contributed by atoms with Crippen LogP contribution in [0, 0.1) is 5.92 Å². The van der Waals surface area contributed by atoms with Gasteiger partial charge in [-0.05, 0) is 12.3 Å². The number of urea groups is 1. The molecule has 0 aromatic carbocycles. The van der Waals surface area contributed by atoms with Gasteiger partial charge in [-0.15, -0.1) is 10.2 Å². The first-order chi connectivity index (χ1) is 8.90. The molecule has 1 aromatic rings. The van der Waals surface area contributed by atoms with Gasteiger partial charge < -0.3 is 20.3 Å². The molecule has 0 saturated heterocycles. The maximum absolute atomic E-state index is 11.6. The highest BCUT2D eigenvalue weighted by molar-refractivity contribution is 5.82. The normalized spacial score (nSPS) is 12.2. The molecule has 3 N–H and O–H groups in total. The number of hydrogen-bond acceptors (Lipinski definition) is 4. The van der Waals surface area contributed by atoms with Crippen molar-refractivity contribution in [3.8, 4) is 0 Å². The average molecular weight is 269 g/mol. The standard InChI is InChI=1S/C11H19N5O3/c1-7(2)4-8(10(17)18)14-11(19)12-5-9-15-13-6-16(9)3/h6-8H,4-5H2,1-3H3,(H,17,18)(H2,12,14,19). The van der Waals surface area contributed by atoms with E-state index in [0.717, 1.165) is 0 Å². The molecule has 0 aliphatic rings. The number of carbonyl (C=O) groups is 2. The summed E-state index contributed by atoms with van der Waals surface area (Å²) in [5.41, 5.74) is 0. The Labute approximate surface area is 111 Å². The molecule has 0 bridgehead atoms. The number of aryl methyl sites for hydroxylation is 1. The third kappa shape index (κ3) is 4.94. The van der Waals surface area contributed by atoms with Crippen LogP contribution >= 0.6 is 0 Å². The smallest absolute Gasteiger partial charge is 0.326 e. The molecule has 0 spiro atoms. The molecule has 0 fully saturated rings. The maximum atomic E-state index is 11.6. The van der Waals surface area contributed by atoms with Crippen LogP contribution in [0.1, 0.15) is 26.1 Å². The van der Waals surface area contributed by atoms with Gasteiger partial charge in [0.05, 0.1) is 6.54 Å². The molecule has 0 aliphatic carbocycles. The summed E-state index contributed by atoms with van der Waals surface area (Å²) in [6.07, 6.45) is 1.90. The van der Waals surface area contributed by atoms with Crippen molar-refractivity contribution in [1.82, 2.24) is 25.4 Å². The molecule has 0 saturated carbocycles. The number of hydrogen-bond donors (Lipinski definition) is 3. The fourth-order valence-electron chi connectivity index (χ4n) is 1.53. The quantitative estimate of drug-likeness (QED) is 0.679. The van der Waals surface area contributed by atoms with E-state index in [1.54, 1.807) is 11.6 Å². The van der Waals surface area contributed by atoms with Gasteiger partial charge in [0.15, 0.2) is 5.82 Å². The van der Waals surface area contributed by atoms with E-state index in [1.807, 2.05) is 13.8 Å². The number of aromatic nitrogens is 3. The van der Waals surface area contributed by atoms with Gasteiger partial charge in [-0.2, -0.15) is 0 Å². The van der Waals surface area contributed by atoms with Crippen molar-refractivity contribution in [2.24, 2.45) is 13.0 Å². The molecule has 1 rings (SSSR count). The second-order valence-electron chi connectivity index (χ2n) is 4.71. The predicted octanol–water partition coefficient (Wildman–Crippen LogP) is 0.114. The number of amides is 2. The number of nitrogens with one attached hydrogen (secondary N) is 2. The van der Waals surface area contributed by atoms with Crippen LogP contribution in [0.4, 0.5) is 4.79 Å². The minimum Gasteiger partial charge on any atom is -0.480 e. The monoisotopic (exact) mass is 269 g/mol. The average Bonchev–Trinajstić information content (AvgIpc) is 2.70. The minimum atomic E-state index is -1.04. The van der Waals surface area contributed by atoms with Gasteiger partial charge in [-0.25, -0.2) is 9.59 Å². The van der Waals surface area contributed by atoms with Crippen LogP contribution in [-0.4, -0.2) is 37.9 Å². The lowest BCUT2D eigenvalue weighted by atomic mass is 10.0. The van der Waals surface area contributed by atoms with E-state index in [1.165, 1.54) is 6.33 Å². The summed E-state index contributed by atoms with van der Waals surface area (Å²) in [4.78, 5) is 22.6. The van der Waals surface area contributed by atoms with Gasteiger partial charge in [-0.1, -0.05) is 13.8 Å². The summed E-state index contributed by atoms with van der Waals surface area (Å²) >= 11 is 0. The van der Waals surface area contributed by atoms with E-state index in [-0.39, 0.29) is 12.5 Å². The van der Waals surface area contributed by atoms with E-state index in [2.05, 4.69) is 20.8 Å². The Balaban J connectivity index is 2.45. The highest BCUT2D eigenvalue weighted by Gasteiger charge is 2.20. The predicted molar refractivity (Wildman–Crippen MR) is 67.3 cm³/mol. The molecule has 106 valence electrons. The SMILES string of the molecule is CC(C)CC(NC(=O)NCc1nncn1C)C(=O)O. The summed E-state index contributed by atoms with van der Waals surface area (Å²) < 4.78 is 1.67. The Hall–Kier alpha value is -2.12. The second-order valence-corrected chi connectivity index (χ2v) is 4.71. The molecule has 1 heterocycles. The van der Waals surface area contributed by atoms with Crippen LogP contribution < -0.4 is 10.6 Å². The van der Waals surface area contributed by atoms with Crippen molar-refractivity contribution in [3.05, 3.63) is 12.2 Å². The Kier molecular flexibility index (Phi) is 5.28. The van der Waals surface area contributed by atoms with Crippen LogP contribution in [0.5, 0.6) is 0 Å². The third-order valence-corrected chi connectivity index (χ3v) is 2.52. The van der Waals surface area contributed by atoms with Crippen LogP contribution in [0.2, 0.25) is 0 Å². The van der Waals surface area contributed by atoms with Crippen molar-refractivity contribution < 1.29 is 14.7 Å². The van der Waals surface area contributed by atoms with E-state index in [9.17, 15) is 9.59 Å². The fraction of sp³-hybridized carbons (Fsp3) is 0.636. The van der Waals surface area contributed by atoms with Gasteiger partial charge in [-0.3, -0.25) is 0 Å². The zero-order chi connectivity index (χ0) is 14.4. The van der Waals surface area contributed by atoms with Crippen molar-refractivity contribution >= 4 is 12.0 Å². The Morgan fingerprint density at radius 2 is 2.16 bits per heavy atom. The van der Waals surface area contributed by atoms with Gasteiger partial charge in [0.2, 0.25) is 0 Å². The zero-order valence-electron chi connectivity index (χ0n) is 11.3. The number of carboxylic acid groups (broad SMARTS) is 1. The molecule has 8 nitrogen and oxygen atoms in total. The van der Waals surface area contributed by atoms with Crippen LogP contribution in [0.3, 0.4) is 0 Å². The first-order valence-corrected chi connectivity index (χ1v) is 6.00. The number of rotatable bonds is 6. The number of carbonyl (C=O) groups excluding carboxylic acids is 1. The summed E-state index contributed by atoms with van der Waals surface area (Å²) in [6.45, 7) is 3.99. The molecule has 0 radical (unpaired) electrons. The van der Waals surface area contributed by atoms with Gasteiger partial charge in [0.1, 0.15) is 12.4 Å². The molecule has 1 atom stereocenters. The van der Waals surface area contributed by atoms with Crippen molar-refractivity contribution in [2.75, 3.05) is 0 Å². The first kappa shape index (κ1) is 14.9. The fourth-order valence-corrected chi connectivity index (χ4v) is 1.53. The van der Waals surface area contributed by atoms with Crippen molar-refractivity contribution in [1.29, 1.82) is 0 Å². The molecule has 1 aromatic heterocycles. The lowest BCUT2D eigenvalue weighted by Crippen LogP contribution is -2.46. The highest BCUT2D eigenvalue weighted by atomic mass is 16.4. The Bertz CT molecular complexity index is 443. The minimum absolute atomic E-state index is 0.181. The highest BCUT2D eigenvalue weighted by Crippen LogP contribution is 2.04. The van der Waals surface area contributed by atoms with Gasteiger partial charge in [0.25, 0.3) is 0 Å². The molecular weight excluding hydrogens is 250 g/mol. The number of aliphatic carboxylic acids is 1. The Morgan fingerprint density at radius 3 is 2.63 bits per heavy atom. The molecule has 0 aliphatic heterocycles. The first-order valence-electron chi connectivity index (χ1n) is 6.00. The topological polar surface area (TPSA) is 109 Å². The van der Waals surface area contributed by atoms with Gasteiger partial charge in [0, 0.05) is 7.05 Å². The van der Waals surface area contributed by atoms with Crippen molar-refractivity contribution in [3.63, 3.8) is 0 Å². The molecular formula is C11H19N5O3. The summed E-state index contributed by atoms with van der Waals surface area (Å²) in [5, 5.41) is 21.4. The van der Waals surface area contributed by atoms with E-state index >= 15 is 0 Å². The second kappa shape index (κ2) is 6.72. The van der Waals surface area contributed by atoms with Crippen LogP contribution in [0.15, 0.2) is 6.33 Å². The van der Waals surface area contributed by atoms with E-state index < -0.39 is 18.0 Å². The summed E-state index contributed by atoms with van der Waals surface area (Å²) in [6, 6.07) is -1.42. The summed E-state index contributed by atoms with van der Waals surface area (Å²) in [7, 11) is 1.76. The lowest BCUT2D eigenvalue weighted by molar-refractivity contribution is -0.139. The summed E-state index contributed by atoms with van der Waals surface area (Å²) in [5.74, 6) is -0.270. The largest absolute Gasteiger partial charge is 0.480 e. The number of carboxylic acids is 1. The number of nitrogens with zero attached hydrogens (tertiary/aromatic N) is 3. The molecule has 19 heavy (non-hydrogen) atoms. The van der Waals surface area contributed by atoms with E-state index in [4.69, 9.17) is 5.11 Å².